The molecule has 1 atom stereocenters. The monoisotopic (exact) mass is 285 g/mol. The van der Waals surface area contributed by atoms with Gasteiger partial charge in [0.15, 0.2) is 0 Å². The topological polar surface area (TPSA) is 101 Å². The largest absolute Gasteiger partial charge is 0.398 e. The second-order valence-corrected chi connectivity index (χ2v) is 5.95. The zero-order valence-electron chi connectivity index (χ0n) is 11.0. The summed E-state index contributed by atoms with van der Waals surface area (Å²) >= 11 is 0. The molecular formula is C12H19N3O3S. The minimum Gasteiger partial charge on any atom is -0.398 e. The molecule has 0 heterocycles. The Morgan fingerprint density at radius 3 is 2.58 bits per heavy atom. The summed E-state index contributed by atoms with van der Waals surface area (Å²) in [5.41, 5.74) is 6.62. The number of para-hydroxylation sites is 1. The van der Waals surface area contributed by atoms with Crippen LogP contribution in [-0.2, 0) is 20.6 Å². The zero-order chi connectivity index (χ0) is 14.5. The molecule has 1 aromatic rings. The molecule has 0 saturated heterocycles. The number of likely N-dealkylation sites (N-methyl/N-ethyl adjacent to an activating group) is 1. The number of nitrogen functional groups attached to an aromatic ring is 1. The van der Waals surface area contributed by atoms with Crippen molar-refractivity contribution in [1.29, 1.82) is 0 Å². The van der Waals surface area contributed by atoms with Gasteiger partial charge in [0, 0.05) is 12.2 Å². The predicted molar refractivity (Wildman–Crippen MR) is 74.8 cm³/mol. The van der Waals surface area contributed by atoms with E-state index in [1.165, 1.54) is 6.92 Å². The molecule has 7 heteroatoms. The molecule has 0 fully saturated rings. The van der Waals surface area contributed by atoms with Gasteiger partial charge in [0.2, 0.25) is 15.9 Å². The molecule has 19 heavy (non-hydrogen) atoms. The molecule has 1 unspecified atom stereocenters. The Kier molecular flexibility index (Phi) is 5.31. The highest BCUT2D eigenvalue weighted by molar-refractivity contribution is 7.88. The SMILES string of the molecule is CCNC(=O)C(C)NS(=O)(=O)Cc1ccccc1N. The molecule has 106 valence electrons. The van der Waals surface area contributed by atoms with E-state index in [0.717, 1.165) is 0 Å². The van der Waals surface area contributed by atoms with E-state index in [-0.39, 0.29) is 11.7 Å². The van der Waals surface area contributed by atoms with Gasteiger partial charge >= 0.3 is 0 Å². The summed E-state index contributed by atoms with van der Waals surface area (Å²) in [6.07, 6.45) is 0. The summed E-state index contributed by atoms with van der Waals surface area (Å²) < 4.78 is 26.2. The molecule has 0 aliphatic carbocycles. The fraction of sp³-hybridized carbons (Fsp3) is 0.417. The Bertz CT molecular complexity index is 543. The second kappa shape index (κ2) is 6.53. The Hall–Kier alpha value is -1.60. The lowest BCUT2D eigenvalue weighted by Crippen LogP contribution is -2.45. The van der Waals surface area contributed by atoms with Crippen LogP contribution in [0.25, 0.3) is 0 Å². The number of sulfonamides is 1. The number of anilines is 1. The standard InChI is InChI=1S/C12H19N3O3S/c1-3-14-12(16)9(2)15-19(17,18)8-10-6-4-5-7-11(10)13/h4-7,9,15H,3,8,13H2,1-2H3,(H,14,16). The molecule has 0 spiro atoms. The molecule has 1 aromatic carbocycles. The number of hydrogen-bond donors (Lipinski definition) is 3. The fourth-order valence-electron chi connectivity index (χ4n) is 1.56. The van der Waals surface area contributed by atoms with E-state index >= 15 is 0 Å². The Balaban J connectivity index is 2.72. The first-order valence-corrected chi connectivity index (χ1v) is 7.62. The molecule has 0 bridgehead atoms. The van der Waals surface area contributed by atoms with Crippen LogP contribution in [0.4, 0.5) is 5.69 Å². The lowest BCUT2D eigenvalue weighted by molar-refractivity contribution is -0.122. The maximum Gasteiger partial charge on any atom is 0.237 e. The quantitative estimate of drug-likeness (QED) is 0.650. The van der Waals surface area contributed by atoms with Crippen LogP contribution in [0.5, 0.6) is 0 Å². The first kappa shape index (κ1) is 15.5. The average Bonchev–Trinajstić information content (AvgIpc) is 2.31. The van der Waals surface area contributed by atoms with Gasteiger partial charge in [-0.05, 0) is 25.5 Å². The molecule has 4 N–H and O–H groups in total. The molecular weight excluding hydrogens is 266 g/mol. The van der Waals surface area contributed by atoms with Crippen molar-refractivity contribution in [1.82, 2.24) is 10.0 Å². The average molecular weight is 285 g/mol. The normalized spacial score (nSPS) is 12.9. The summed E-state index contributed by atoms with van der Waals surface area (Å²) in [7, 11) is -3.61. The van der Waals surface area contributed by atoms with Gasteiger partial charge in [0.1, 0.15) is 0 Å². The van der Waals surface area contributed by atoms with Crippen molar-refractivity contribution in [3.63, 3.8) is 0 Å². The fourth-order valence-corrected chi connectivity index (χ4v) is 2.96. The van der Waals surface area contributed by atoms with Crippen molar-refractivity contribution in [2.45, 2.75) is 25.6 Å². The van der Waals surface area contributed by atoms with Crippen LogP contribution in [0, 0.1) is 0 Å². The van der Waals surface area contributed by atoms with Crippen LogP contribution in [0.3, 0.4) is 0 Å². The first-order chi connectivity index (χ1) is 8.85. The van der Waals surface area contributed by atoms with Crippen LogP contribution in [-0.4, -0.2) is 26.9 Å². The zero-order valence-corrected chi connectivity index (χ0v) is 11.8. The summed E-state index contributed by atoms with van der Waals surface area (Å²) in [4.78, 5) is 11.5. The third kappa shape index (κ3) is 4.88. The van der Waals surface area contributed by atoms with Crippen LogP contribution in [0.2, 0.25) is 0 Å². The molecule has 1 rings (SSSR count). The van der Waals surface area contributed by atoms with Crippen LogP contribution < -0.4 is 15.8 Å². The van der Waals surface area contributed by atoms with Gasteiger partial charge in [0.05, 0.1) is 11.8 Å². The van der Waals surface area contributed by atoms with Gasteiger partial charge in [-0.2, -0.15) is 0 Å². The smallest absolute Gasteiger partial charge is 0.237 e. The first-order valence-electron chi connectivity index (χ1n) is 5.97. The molecule has 0 aliphatic rings. The van der Waals surface area contributed by atoms with Gasteiger partial charge in [-0.25, -0.2) is 13.1 Å². The Morgan fingerprint density at radius 1 is 1.37 bits per heavy atom. The molecule has 0 aromatic heterocycles. The van der Waals surface area contributed by atoms with E-state index in [4.69, 9.17) is 5.73 Å². The summed E-state index contributed by atoms with van der Waals surface area (Å²) in [6.45, 7) is 3.72. The highest BCUT2D eigenvalue weighted by Gasteiger charge is 2.20. The molecule has 0 radical (unpaired) electrons. The predicted octanol–water partition coefficient (Wildman–Crippen LogP) is 0.213. The molecule has 1 amide bonds. The third-order valence-electron chi connectivity index (χ3n) is 2.50. The Labute approximate surface area is 113 Å². The third-order valence-corrected chi connectivity index (χ3v) is 3.90. The number of carbonyl (C=O) groups is 1. The lowest BCUT2D eigenvalue weighted by Gasteiger charge is -2.14. The van der Waals surface area contributed by atoms with Crippen molar-refractivity contribution >= 4 is 21.6 Å². The Morgan fingerprint density at radius 2 is 2.00 bits per heavy atom. The van der Waals surface area contributed by atoms with Crippen molar-refractivity contribution < 1.29 is 13.2 Å². The highest BCUT2D eigenvalue weighted by atomic mass is 32.2. The number of hydrogen-bond acceptors (Lipinski definition) is 4. The number of benzene rings is 1. The molecule has 0 saturated carbocycles. The van der Waals surface area contributed by atoms with Gasteiger partial charge in [0.25, 0.3) is 0 Å². The minimum absolute atomic E-state index is 0.247. The van der Waals surface area contributed by atoms with Crippen molar-refractivity contribution in [2.24, 2.45) is 0 Å². The van der Waals surface area contributed by atoms with Crippen molar-refractivity contribution in [3.05, 3.63) is 29.8 Å². The van der Waals surface area contributed by atoms with Gasteiger partial charge in [-0.3, -0.25) is 4.79 Å². The minimum atomic E-state index is -3.61. The van der Waals surface area contributed by atoms with Crippen LogP contribution >= 0.6 is 0 Å². The van der Waals surface area contributed by atoms with Crippen molar-refractivity contribution in [3.8, 4) is 0 Å². The molecule has 6 nitrogen and oxygen atoms in total. The van der Waals surface area contributed by atoms with E-state index in [2.05, 4.69) is 10.0 Å². The van der Waals surface area contributed by atoms with Gasteiger partial charge < -0.3 is 11.1 Å². The van der Waals surface area contributed by atoms with E-state index < -0.39 is 16.1 Å². The van der Waals surface area contributed by atoms with Gasteiger partial charge in [-0.15, -0.1) is 0 Å². The van der Waals surface area contributed by atoms with Crippen LogP contribution in [0.15, 0.2) is 24.3 Å². The van der Waals surface area contributed by atoms with Crippen LogP contribution in [0.1, 0.15) is 19.4 Å². The van der Waals surface area contributed by atoms with E-state index in [9.17, 15) is 13.2 Å². The van der Waals surface area contributed by atoms with Gasteiger partial charge in [-0.1, -0.05) is 18.2 Å². The van der Waals surface area contributed by atoms with E-state index in [0.29, 0.717) is 17.8 Å². The number of amides is 1. The van der Waals surface area contributed by atoms with Crippen molar-refractivity contribution in [2.75, 3.05) is 12.3 Å². The lowest BCUT2D eigenvalue weighted by atomic mass is 10.2. The number of carbonyl (C=O) groups excluding carboxylic acids is 1. The van der Waals surface area contributed by atoms with E-state index in [1.54, 1.807) is 31.2 Å². The number of rotatable bonds is 6. The maximum atomic E-state index is 11.9. The number of nitrogens with one attached hydrogen (secondary N) is 2. The highest BCUT2D eigenvalue weighted by Crippen LogP contribution is 2.13. The summed E-state index contributed by atoms with van der Waals surface area (Å²) in [5, 5.41) is 2.55. The molecule has 0 aliphatic heterocycles. The maximum absolute atomic E-state index is 11.9. The van der Waals surface area contributed by atoms with E-state index in [1.807, 2.05) is 0 Å². The summed E-state index contributed by atoms with van der Waals surface area (Å²) in [5.74, 6) is -0.601. The second-order valence-electron chi connectivity index (χ2n) is 4.19. The number of nitrogens with two attached hydrogens (primary N) is 1. The summed E-state index contributed by atoms with van der Waals surface area (Å²) in [6, 6.07) is 5.92.